The molecule has 3 aromatic heterocycles. The number of nitrogens with two attached hydrogens (primary N) is 1. The molecule has 3 heterocycles. The molecule has 0 aliphatic carbocycles. The van der Waals surface area contributed by atoms with Gasteiger partial charge in [0.15, 0.2) is 0 Å². The van der Waals surface area contributed by atoms with Gasteiger partial charge >= 0.3 is 20.1 Å². The average Bonchev–Trinajstić information content (AvgIpc) is 3.33. The number of nitrogens with zero attached hydrogens (tertiary/aromatic N) is 3. The van der Waals surface area contributed by atoms with E-state index in [-0.39, 0.29) is 20.1 Å². The summed E-state index contributed by atoms with van der Waals surface area (Å²) in [5.41, 5.74) is 22.3. The summed E-state index contributed by atoms with van der Waals surface area (Å²) < 4.78 is 0. The number of hydrogen-bond donors (Lipinski definition) is 1. The summed E-state index contributed by atoms with van der Waals surface area (Å²) in [6.45, 7) is 9.00. The van der Waals surface area contributed by atoms with Crippen LogP contribution < -0.4 is 5.73 Å². The largest absolute Gasteiger partial charge is 3.00 e. The fourth-order valence-electron chi connectivity index (χ4n) is 7.23. The van der Waals surface area contributed by atoms with E-state index in [1.165, 1.54) is 33.4 Å². The molecule has 9 aromatic rings. The molecule has 0 radical (unpaired) electrons. The first-order chi connectivity index (χ1) is 30.8. The van der Waals surface area contributed by atoms with Gasteiger partial charge in [0.05, 0.1) is 0 Å². The SMILES string of the molecule is CC(C)Cc1ccc(-c2cc[c-]c(-c3ccccn3)c2)cc1.CC(C)Cc1ccc(-c2cc[c-]c(-c3ccccn3)c2)cc1.Nc1ccc(-c2cc[c-]c(-c3ccccn3)c2)cc1.[Ir+3]. The summed E-state index contributed by atoms with van der Waals surface area (Å²) in [6, 6.07) is 71.6. The Morgan fingerprint density at radius 2 is 0.703 bits per heavy atom. The summed E-state index contributed by atoms with van der Waals surface area (Å²) in [5.74, 6) is 1.38. The third-order valence-electron chi connectivity index (χ3n) is 10.3. The molecule has 318 valence electrons. The number of aromatic nitrogens is 3. The van der Waals surface area contributed by atoms with Gasteiger partial charge < -0.3 is 20.7 Å². The quantitative estimate of drug-likeness (QED) is 0.110. The predicted octanol–water partition coefficient (Wildman–Crippen LogP) is 14.6. The molecular formula is C59H53IrN4. The van der Waals surface area contributed by atoms with Crippen LogP contribution in [0.1, 0.15) is 38.8 Å². The van der Waals surface area contributed by atoms with Crippen molar-refractivity contribution in [2.24, 2.45) is 11.8 Å². The maximum atomic E-state index is 5.71. The molecule has 0 saturated heterocycles. The molecule has 0 aliphatic heterocycles. The van der Waals surface area contributed by atoms with E-state index in [9.17, 15) is 0 Å². The minimum absolute atomic E-state index is 0. The van der Waals surface area contributed by atoms with E-state index >= 15 is 0 Å². The number of anilines is 1. The van der Waals surface area contributed by atoms with Crippen LogP contribution in [0.25, 0.3) is 67.2 Å². The maximum Gasteiger partial charge on any atom is 3.00 e. The van der Waals surface area contributed by atoms with Gasteiger partial charge in [0.25, 0.3) is 0 Å². The van der Waals surface area contributed by atoms with Crippen LogP contribution >= 0.6 is 0 Å². The van der Waals surface area contributed by atoms with Crippen molar-refractivity contribution >= 4 is 5.69 Å². The molecule has 9 rings (SSSR count). The average molecular weight is 1010 g/mol. The second kappa shape index (κ2) is 23.6. The molecule has 6 aromatic carbocycles. The molecule has 0 atom stereocenters. The zero-order chi connectivity index (χ0) is 43.8. The Hall–Kier alpha value is -6.78. The zero-order valence-electron chi connectivity index (χ0n) is 36.9. The smallest absolute Gasteiger partial charge is 0.399 e. The van der Waals surface area contributed by atoms with E-state index in [4.69, 9.17) is 5.73 Å². The summed E-state index contributed by atoms with van der Waals surface area (Å²) in [7, 11) is 0. The van der Waals surface area contributed by atoms with Gasteiger partial charge in [0.1, 0.15) is 0 Å². The Bertz CT molecular complexity index is 2620. The van der Waals surface area contributed by atoms with E-state index in [0.717, 1.165) is 63.4 Å². The summed E-state index contributed by atoms with van der Waals surface area (Å²) in [4.78, 5) is 13.1. The van der Waals surface area contributed by atoms with Gasteiger partial charge in [0.2, 0.25) is 0 Å². The number of hydrogen-bond acceptors (Lipinski definition) is 4. The Kier molecular flexibility index (Phi) is 17.2. The monoisotopic (exact) mass is 1010 g/mol. The molecule has 0 amide bonds. The molecule has 64 heavy (non-hydrogen) atoms. The third-order valence-corrected chi connectivity index (χ3v) is 10.3. The van der Waals surface area contributed by atoms with Crippen LogP contribution in [0, 0.1) is 30.0 Å². The van der Waals surface area contributed by atoms with Crippen LogP contribution in [0.5, 0.6) is 0 Å². The minimum atomic E-state index is 0. The normalized spacial score (nSPS) is 10.5. The molecule has 0 fully saturated rings. The van der Waals surface area contributed by atoms with Crippen LogP contribution in [0.2, 0.25) is 0 Å². The number of pyridine rings is 3. The molecule has 5 heteroatoms. The summed E-state index contributed by atoms with van der Waals surface area (Å²) in [6.07, 6.45) is 7.68. The van der Waals surface area contributed by atoms with Gasteiger partial charge in [0, 0.05) is 24.3 Å². The van der Waals surface area contributed by atoms with E-state index in [1.54, 1.807) is 6.20 Å². The van der Waals surface area contributed by atoms with Gasteiger partial charge in [-0.05, 0) is 99.9 Å². The van der Waals surface area contributed by atoms with Crippen LogP contribution in [0.15, 0.2) is 201 Å². The number of benzene rings is 6. The van der Waals surface area contributed by atoms with E-state index in [2.05, 4.69) is 140 Å². The van der Waals surface area contributed by atoms with Crippen molar-refractivity contribution < 1.29 is 20.1 Å². The number of nitrogen functional groups attached to an aromatic ring is 1. The van der Waals surface area contributed by atoms with E-state index < -0.39 is 0 Å². The third kappa shape index (κ3) is 13.6. The molecule has 0 spiro atoms. The Morgan fingerprint density at radius 3 is 0.984 bits per heavy atom. The topological polar surface area (TPSA) is 64.7 Å². The maximum absolute atomic E-state index is 5.71. The molecule has 0 aliphatic rings. The fourth-order valence-corrected chi connectivity index (χ4v) is 7.23. The van der Waals surface area contributed by atoms with Crippen LogP contribution in [0.4, 0.5) is 5.69 Å². The molecule has 0 bridgehead atoms. The van der Waals surface area contributed by atoms with Crippen molar-refractivity contribution in [2.45, 2.75) is 40.5 Å². The Balaban J connectivity index is 0.000000159. The van der Waals surface area contributed by atoms with Gasteiger partial charge in [-0.3, -0.25) is 0 Å². The first-order valence-electron chi connectivity index (χ1n) is 21.6. The minimum Gasteiger partial charge on any atom is -0.399 e. The van der Waals surface area contributed by atoms with Gasteiger partial charge in [-0.25, -0.2) is 0 Å². The predicted molar refractivity (Wildman–Crippen MR) is 263 cm³/mol. The van der Waals surface area contributed by atoms with E-state index in [0.29, 0.717) is 11.8 Å². The van der Waals surface area contributed by atoms with Crippen molar-refractivity contribution in [1.82, 2.24) is 15.0 Å². The molecule has 0 unspecified atom stereocenters. The molecule has 4 nitrogen and oxygen atoms in total. The van der Waals surface area contributed by atoms with Crippen molar-refractivity contribution in [3.8, 4) is 67.2 Å². The van der Waals surface area contributed by atoms with Crippen LogP contribution in [-0.2, 0) is 32.9 Å². The Morgan fingerprint density at radius 1 is 0.391 bits per heavy atom. The molecule has 2 N–H and O–H groups in total. The van der Waals surface area contributed by atoms with E-state index in [1.807, 2.05) is 116 Å². The molecular weight excluding hydrogens is 957 g/mol. The van der Waals surface area contributed by atoms with Crippen molar-refractivity contribution in [2.75, 3.05) is 5.73 Å². The molecule has 0 saturated carbocycles. The second-order valence-corrected chi connectivity index (χ2v) is 16.3. The number of rotatable bonds is 10. The zero-order valence-corrected chi connectivity index (χ0v) is 39.3. The fraction of sp³-hybridized carbons (Fsp3) is 0.136. The van der Waals surface area contributed by atoms with Gasteiger partial charge in [-0.15, -0.1) is 106 Å². The second-order valence-electron chi connectivity index (χ2n) is 16.3. The van der Waals surface area contributed by atoms with Crippen LogP contribution in [-0.4, -0.2) is 15.0 Å². The van der Waals surface area contributed by atoms with Crippen molar-refractivity contribution in [3.05, 3.63) is 230 Å². The standard InChI is InChI=1S/2C21H20N.C17H13N2.Ir/c2*1-16(2)14-17-9-11-18(12-10-17)19-6-5-7-20(15-19)21-8-3-4-13-22-21;18-16-9-7-13(8-10-16)14-4-3-5-15(12-14)17-6-1-2-11-19-17;/h2*3-6,8-13,15-16H,14H2,1-2H3;1-4,6-12H,18H2;/q3*-1;+3. The first-order valence-corrected chi connectivity index (χ1v) is 21.6. The van der Waals surface area contributed by atoms with Gasteiger partial charge in [-0.2, -0.15) is 0 Å². The van der Waals surface area contributed by atoms with Crippen molar-refractivity contribution in [3.63, 3.8) is 0 Å². The van der Waals surface area contributed by atoms with Gasteiger partial charge in [-0.1, -0.05) is 125 Å². The first kappa shape index (κ1) is 46.7. The van der Waals surface area contributed by atoms with Crippen LogP contribution in [0.3, 0.4) is 0 Å². The Labute approximate surface area is 393 Å². The van der Waals surface area contributed by atoms with Crippen molar-refractivity contribution in [1.29, 1.82) is 0 Å². The summed E-state index contributed by atoms with van der Waals surface area (Å²) in [5, 5.41) is 0. The summed E-state index contributed by atoms with van der Waals surface area (Å²) >= 11 is 0.